The highest BCUT2D eigenvalue weighted by atomic mass is 16.3. The number of rotatable bonds is 0. The molecular formula is C14H11NO. The molecule has 78 valence electrons. The molecule has 0 amide bonds. The number of benzene rings is 2. The van der Waals surface area contributed by atoms with Crippen molar-refractivity contribution in [3.63, 3.8) is 0 Å². The lowest BCUT2D eigenvalue weighted by Crippen LogP contribution is -1.85. The molecule has 1 heterocycles. The van der Waals surface area contributed by atoms with E-state index in [0.29, 0.717) is 5.69 Å². The lowest BCUT2D eigenvalue weighted by Gasteiger charge is -2.05. The molecule has 0 aliphatic heterocycles. The first-order valence-electron chi connectivity index (χ1n) is 5.24. The summed E-state index contributed by atoms with van der Waals surface area (Å²) in [5.74, 6) is 0.254. The molecule has 2 aromatic carbocycles. The maximum absolute atomic E-state index is 9.71. The molecule has 0 radical (unpaired) electrons. The summed E-state index contributed by atoms with van der Waals surface area (Å²) >= 11 is 0. The molecule has 16 heavy (non-hydrogen) atoms. The van der Waals surface area contributed by atoms with Crippen molar-refractivity contribution in [1.82, 2.24) is 4.98 Å². The molecule has 0 spiro atoms. The van der Waals surface area contributed by atoms with Crippen LogP contribution in [0, 0.1) is 6.92 Å². The third-order valence-corrected chi connectivity index (χ3v) is 2.89. The van der Waals surface area contributed by atoms with Crippen LogP contribution in [0.2, 0.25) is 0 Å². The second-order valence-corrected chi connectivity index (χ2v) is 3.95. The molecule has 1 aromatic heterocycles. The van der Waals surface area contributed by atoms with Gasteiger partial charge in [-0.3, -0.25) is 0 Å². The van der Waals surface area contributed by atoms with E-state index < -0.39 is 0 Å². The normalized spacial score (nSPS) is 11.1. The smallest absolute Gasteiger partial charge is 0.137 e. The number of hydrogen-bond acceptors (Lipinski definition) is 2. The lowest BCUT2D eigenvalue weighted by atomic mass is 10.0. The van der Waals surface area contributed by atoms with Crippen molar-refractivity contribution in [2.75, 3.05) is 0 Å². The van der Waals surface area contributed by atoms with Crippen LogP contribution in [0.5, 0.6) is 5.75 Å². The summed E-state index contributed by atoms with van der Waals surface area (Å²) in [6, 6.07) is 14.0. The molecule has 0 fully saturated rings. The summed E-state index contributed by atoms with van der Waals surface area (Å²) in [6.45, 7) is 1.81. The van der Waals surface area contributed by atoms with Gasteiger partial charge in [0.2, 0.25) is 0 Å². The number of hydrogen-bond donors (Lipinski definition) is 1. The second-order valence-electron chi connectivity index (χ2n) is 3.95. The van der Waals surface area contributed by atoms with Gasteiger partial charge in [-0.15, -0.1) is 0 Å². The van der Waals surface area contributed by atoms with E-state index in [1.807, 2.05) is 31.2 Å². The van der Waals surface area contributed by atoms with E-state index >= 15 is 0 Å². The Morgan fingerprint density at radius 1 is 1.00 bits per heavy atom. The van der Waals surface area contributed by atoms with Gasteiger partial charge in [-0.25, -0.2) is 4.98 Å². The van der Waals surface area contributed by atoms with Gasteiger partial charge < -0.3 is 5.11 Å². The summed E-state index contributed by atoms with van der Waals surface area (Å²) in [5.41, 5.74) is 1.59. The Bertz CT molecular complexity index is 689. The van der Waals surface area contributed by atoms with Crippen LogP contribution in [0.15, 0.2) is 42.5 Å². The molecule has 0 unspecified atom stereocenters. The van der Waals surface area contributed by atoms with Gasteiger partial charge >= 0.3 is 0 Å². The van der Waals surface area contributed by atoms with Gasteiger partial charge in [-0.1, -0.05) is 30.3 Å². The fourth-order valence-corrected chi connectivity index (χ4v) is 2.01. The molecule has 0 bridgehead atoms. The largest absolute Gasteiger partial charge is 0.506 e. The Balaban J connectivity index is 2.55. The molecule has 3 rings (SSSR count). The van der Waals surface area contributed by atoms with Crippen LogP contribution in [-0.4, -0.2) is 10.1 Å². The van der Waals surface area contributed by atoms with Crippen LogP contribution in [-0.2, 0) is 0 Å². The van der Waals surface area contributed by atoms with E-state index in [2.05, 4.69) is 17.1 Å². The van der Waals surface area contributed by atoms with Gasteiger partial charge in [-0.2, -0.15) is 0 Å². The molecule has 3 aromatic rings. The third-order valence-electron chi connectivity index (χ3n) is 2.89. The molecule has 2 heteroatoms. The molecule has 0 saturated heterocycles. The highest BCUT2D eigenvalue weighted by molar-refractivity contribution is 6.06. The number of nitrogens with zero attached hydrogens (tertiary/aromatic N) is 1. The van der Waals surface area contributed by atoms with Crippen LogP contribution < -0.4 is 0 Å². The van der Waals surface area contributed by atoms with E-state index in [-0.39, 0.29) is 5.75 Å². The second kappa shape index (κ2) is 3.20. The number of aromatic nitrogens is 1. The molecule has 1 N–H and O–H groups in total. The van der Waals surface area contributed by atoms with Gasteiger partial charge in [0.15, 0.2) is 0 Å². The van der Waals surface area contributed by atoms with Crippen molar-refractivity contribution in [3.8, 4) is 5.75 Å². The minimum absolute atomic E-state index is 0.254. The molecule has 0 saturated carbocycles. The van der Waals surface area contributed by atoms with E-state index in [9.17, 15) is 5.11 Å². The standard InChI is InChI=1S/C14H11NO/c1-9-14(16)8-12-11-5-3-2-4-10(11)6-7-13(12)15-9/h2-8,16H,1H3. The Morgan fingerprint density at radius 2 is 1.81 bits per heavy atom. The summed E-state index contributed by atoms with van der Waals surface area (Å²) in [6.07, 6.45) is 0. The summed E-state index contributed by atoms with van der Waals surface area (Å²) < 4.78 is 0. The third kappa shape index (κ3) is 1.23. The molecular weight excluding hydrogens is 198 g/mol. The van der Waals surface area contributed by atoms with Crippen LogP contribution in [0.3, 0.4) is 0 Å². The number of pyridine rings is 1. The highest BCUT2D eigenvalue weighted by Gasteiger charge is 2.04. The van der Waals surface area contributed by atoms with E-state index in [1.165, 1.54) is 5.39 Å². The maximum Gasteiger partial charge on any atom is 0.137 e. The molecule has 0 aliphatic carbocycles. The average molecular weight is 209 g/mol. The van der Waals surface area contributed by atoms with Gasteiger partial charge in [-0.05, 0) is 29.8 Å². The Labute approximate surface area is 93.2 Å². The fraction of sp³-hybridized carbons (Fsp3) is 0.0714. The number of aryl methyl sites for hydroxylation is 1. The van der Waals surface area contributed by atoms with Gasteiger partial charge in [0.1, 0.15) is 5.75 Å². The Hall–Kier alpha value is -2.09. The molecule has 0 aliphatic rings. The van der Waals surface area contributed by atoms with Gasteiger partial charge in [0.05, 0.1) is 11.2 Å². The first kappa shape index (κ1) is 9.16. The minimum Gasteiger partial charge on any atom is -0.506 e. The van der Waals surface area contributed by atoms with Crippen molar-refractivity contribution < 1.29 is 5.11 Å². The zero-order chi connectivity index (χ0) is 11.1. The monoisotopic (exact) mass is 209 g/mol. The van der Waals surface area contributed by atoms with Crippen molar-refractivity contribution in [3.05, 3.63) is 48.2 Å². The van der Waals surface area contributed by atoms with Crippen molar-refractivity contribution in [1.29, 1.82) is 0 Å². The van der Waals surface area contributed by atoms with Crippen molar-refractivity contribution in [2.45, 2.75) is 6.92 Å². The summed E-state index contributed by atoms with van der Waals surface area (Å²) in [5, 5.41) is 13.0. The van der Waals surface area contributed by atoms with Gasteiger partial charge in [0.25, 0.3) is 0 Å². The predicted octanol–water partition coefficient (Wildman–Crippen LogP) is 3.40. The zero-order valence-electron chi connectivity index (χ0n) is 8.94. The zero-order valence-corrected chi connectivity index (χ0v) is 8.94. The molecule has 0 atom stereocenters. The van der Waals surface area contributed by atoms with Crippen LogP contribution in [0.1, 0.15) is 5.69 Å². The van der Waals surface area contributed by atoms with E-state index in [4.69, 9.17) is 0 Å². The Kier molecular flexibility index (Phi) is 1.83. The lowest BCUT2D eigenvalue weighted by molar-refractivity contribution is 0.469. The Morgan fingerprint density at radius 3 is 2.69 bits per heavy atom. The number of fused-ring (bicyclic) bond motifs is 3. The highest BCUT2D eigenvalue weighted by Crippen LogP contribution is 2.28. The first-order chi connectivity index (χ1) is 7.75. The van der Waals surface area contributed by atoms with E-state index in [1.54, 1.807) is 6.07 Å². The van der Waals surface area contributed by atoms with Crippen LogP contribution in [0.4, 0.5) is 0 Å². The van der Waals surface area contributed by atoms with Crippen molar-refractivity contribution in [2.24, 2.45) is 0 Å². The summed E-state index contributed by atoms with van der Waals surface area (Å²) in [7, 11) is 0. The van der Waals surface area contributed by atoms with Crippen molar-refractivity contribution >= 4 is 21.7 Å². The average Bonchev–Trinajstić information content (AvgIpc) is 2.31. The fourth-order valence-electron chi connectivity index (χ4n) is 2.01. The van der Waals surface area contributed by atoms with Crippen LogP contribution >= 0.6 is 0 Å². The molecule has 2 nitrogen and oxygen atoms in total. The SMILES string of the molecule is Cc1nc2ccc3ccccc3c2cc1O. The predicted molar refractivity (Wildman–Crippen MR) is 65.7 cm³/mol. The minimum atomic E-state index is 0.254. The first-order valence-corrected chi connectivity index (χ1v) is 5.24. The topological polar surface area (TPSA) is 33.1 Å². The maximum atomic E-state index is 9.71. The van der Waals surface area contributed by atoms with E-state index in [0.717, 1.165) is 16.3 Å². The quantitative estimate of drug-likeness (QED) is 0.575. The van der Waals surface area contributed by atoms with Crippen LogP contribution in [0.25, 0.3) is 21.7 Å². The summed E-state index contributed by atoms with van der Waals surface area (Å²) in [4.78, 5) is 4.38. The van der Waals surface area contributed by atoms with Gasteiger partial charge in [0, 0.05) is 5.39 Å². The number of aromatic hydroxyl groups is 1.